The molecule has 0 aliphatic carbocycles. The smallest absolute Gasteiger partial charge is 0.479 e. The van der Waals surface area contributed by atoms with Crippen molar-refractivity contribution in [1.29, 1.82) is 0 Å². The number of ether oxygens (including phenoxy) is 2. The molecule has 1 aromatic carbocycles. The van der Waals surface area contributed by atoms with E-state index in [2.05, 4.69) is 21.1 Å². The van der Waals surface area contributed by atoms with Crippen molar-refractivity contribution in [3.8, 4) is 0 Å². The van der Waals surface area contributed by atoms with Crippen LogP contribution in [0.3, 0.4) is 0 Å². The number of alkyl halides is 6. The predicted octanol–water partition coefficient (Wildman–Crippen LogP) is 9.06. The Morgan fingerprint density at radius 1 is 0.755 bits per heavy atom. The summed E-state index contributed by atoms with van der Waals surface area (Å²) in [5.41, 5.74) is -11.6. The normalized spacial score (nSPS) is 13.1. The number of carbonyl (C=O) groups excluding carboxylic acids is 2. The number of ketones is 1. The number of hydrogen-bond acceptors (Lipinski definition) is 10. The van der Waals surface area contributed by atoms with Gasteiger partial charge in [0.1, 0.15) is 0 Å². The molecule has 20 heteroatoms. The van der Waals surface area contributed by atoms with E-state index >= 15 is 0 Å². The zero-order chi connectivity index (χ0) is 40.8. The van der Waals surface area contributed by atoms with Gasteiger partial charge in [-0.25, -0.2) is 16.8 Å². The van der Waals surface area contributed by atoms with Gasteiger partial charge in [0.2, 0.25) is 4.38 Å². The Labute approximate surface area is 319 Å². The summed E-state index contributed by atoms with van der Waals surface area (Å²) >= 11 is 6.95. The number of quaternary nitrogens is 1. The van der Waals surface area contributed by atoms with Gasteiger partial charge < -0.3 is 18.1 Å². The molecule has 0 saturated heterocycles. The number of unbranched alkanes of at least 4 members (excludes halogenated alkanes) is 8. The molecule has 0 saturated carbocycles. The zero-order valence-electron chi connectivity index (χ0n) is 30.5. The number of hydrogen-bond donors (Lipinski definition) is 0. The van der Waals surface area contributed by atoms with Gasteiger partial charge in [0.15, 0.2) is 25.8 Å². The van der Waals surface area contributed by atoms with Crippen molar-refractivity contribution in [3.05, 3.63) is 40.0 Å². The predicted molar refractivity (Wildman–Crippen MR) is 198 cm³/mol. The third-order valence-electron chi connectivity index (χ3n) is 7.24. The minimum atomic E-state index is -6.72. The van der Waals surface area contributed by atoms with Gasteiger partial charge in [0.05, 0.1) is 40.9 Å². The molecular formula is C33H52F6N2O8S4. The first-order chi connectivity index (χ1) is 24.4. The number of halogens is 6. The molecule has 1 atom stereocenters. The monoisotopic (exact) mass is 846 g/mol. The number of Topliss-reactive ketones (excluding diaryl/α,β-unsaturated/α-hetero) is 1. The van der Waals surface area contributed by atoms with Crippen LogP contribution in [-0.2, 0) is 34.3 Å². The van der Waals surface area contributed by atoms with Gasteiger partial charge in [0, 0.05) is 23.7 Å². The Bertz CT molecular complexity index is 1400. The molecule has 0 fully saturated rings. The number of benzene rings is 1. The lowest BCUT2D eigenvalue weighted by Gasteiger charge is -2.23. The maximum Gasteiger partial charge on any atom is 0.480 e. The second kappa shape index (κ2) is 25.2. The standard InChI is InChI=1S/C31H52NO4S2.C2F6NO4S2/c1-5-35-31(37)38-28(23-24-29(33)27-19-13-12-14-20-27)21-15-8-6-7-9-16-22-30(34)36-26-18-11-10-17-25-32(2,3)4;3-1(4,5)14(10,11)9-15(12,13)2(6,7)8/h12-14,19-20,28H,5-11,15-18,21-26H2,1-4H3;/q+1;-1. The number of thiocarbonyl (C=S) groups is 1. The molecular weight excluding hydrogens is 795 g/mol. The summed E-state index contributed by atoms with van der Waals surface area (Å²) in [7, 11) is -6.78. The molecule has 0 heterocycles. The van der Waals surface area contributed by atoms with Crippen LogP contribution in [0.15, 0.2) is 30.3 Å². The highest BCUT2D eigenvalue weighted by Crippen LogP contribution is 2.36. The van der Waals surface area contributed by atoms with E-state index in [1.54, 1.807) is 11.8 Å². The summed E-state index contributed by atoms with van der Waals surface area (Å²) < 4.78 is 122. The summed E-state index contributed by atoms with van der Waals surface area (Å²) in [5.74, 6) is 0.138. The van der Waals surface area contributed by atoms with Gasteiger partial charge in [0.25, 0.3) is 0 Å². The average Bonchev–Trinajstić information content (AvgIpc) is 3.02. The Morgan fingerprint density at radius 3 is 1.79 bits per heavy atom. The fourth-order valence-corrected chi connectivity index (χ4v) is 7.69. The maximum atomic E-state index is 12.5. The van der Waals surface area contributed by atoms with Crippen molar-refractivity contribution in [2.75, 3.05) is 40.9 Å². The first-order valence-electron chi connectivity index (χ1n) is 17.2. The lowest BCUT2D eigenvalue weighted by Crippen LogP contribution is -2.35. The van der Waals surface area contributed by atoms with Crippen LogP contribution in [0.1, 0.15) is 107 Å². The van der Waals surface area contributed by atoms with Gasteiger partial charge in [-0.05, 0) is 64.1 Å². The largest absolute Gasteiger partial charge is 0.480 e. The lowest BCUT2D eigenvalue weighted by atomic mass is 10.0. The van der Waals surface area contributed by atoms with Crippen molar-refractivity contribution >= 4 is 60.2 Å². The molecule has 0 aliphatic rings. The Kier molecular flexibility index (Phi) is 24.3. The molecule has 0 spiro atoms. The number of thioether (sulfide) groups is 1. The Morgan fingerprint density at radius 2 is 1.26 bits per heavy atom. The highest BCUT2D eigenvalue weighted by Gasteiger charge is 2.47. The molecule has 0 radical (unpaired) electrons. The van der Waals surface area contributed by atoms with Crippen LogP contribution < -0.4 is 0 Å². The van der Waals surface area contributed by atoms with E-state index < -0.39 is 31.1 Å². The van der Waals surface area contributed by atoms with Crippen LogP contribution >= 0.6 is 24.0 Å². The Hall–Kier alpha value is -2.00. The molecule has 0 aliphatic heterocycles. The Balaban J connectivity index is 0.00000151. The number of nitrogens with zero attached hydrogens (tertiary/aromatic N) is 2. The van der Waals surface area contributed by atoms with E-state index in [1.807, 2.05) is 37.3 Å². The van der Waals surface area contributed by atoms with Crippen LogP contribution in [0.25, 0.3) is 4.13 Å². The summed E-state index contributed by atoms with van der Waals surface area (Å²) in [6.45, 7) is 4.27. The SMILES string of the molecule is CCOC(=S)SC(CCCCCCCCC(=O)OCCCCCC[N+](C)(C)C)CCC(=O)c1ccccc1.O=S(=O)([N-]S(=O)(=O)C(F)(F)F)C(F)(F)F. The maximum absolute atomic E-state index is 12.5. The van der Waals surface area contributed by atoms with Gasteiger partial charge in [-0.2, -0.15) is 26.3 Å². The fraction of sp³-hybridized carbons (Fsp3) is 0.727. The van der Waals surface area contributed by atoms with Gasteiger partial charge in [-0.1, -0.05) is 74.2 Å². The number of carbonyl (C=O) groups is 2. The molecule has 0 N–H and O–H groups in total. The number of rotatable bonds is 24. The number of sulfonamides is 2. The third-order valence-corrected chi connectivity index (χ3v) is 11.5. The van der Waals surface area contributed by atoms with Gasteiger partial charge in [-0.3, -0.25) is 9.59 Å². The van der Waals surface area contributed by atoms with Crippen molar-refractivity contribution in [1.82, 2.24) is 0 Å². The van der Waals surface area contributed by atoms with Crippen molar-refractivity contribution in [3.63, 3.8) is 0 Å². The highest BCUT2D eigenvalue weighted by atomic mass is 32.3. The molecule has 10 nitrogen and oxygen atoms in total. The molecule has 0 amide bonds. The second-order valence-electron chi connectivity index (χ2n) is 13.0. The lowest BCUT2D eigenvalue weighted by molar-refractivity contribution is -0.870. The van der Waals surface area contributed by atoms with Crippen LogP contribution in [-0.4, -0.2) is 94.6 Å². The van der Waals surface area contributed by atoms with Crippen LogP contribution in [0.2, 0.25) is 0 Å². The van der Waals surface area contributed by atoms with E-state index in [0.29, 0.717) is 35.7 Å². The van der Waals surface area contributed by atoms with E-state index in [9.17, 15) is 52.8 Å². The summed E-state index contributed by atoms with van der Waals surface area (Å²) in [6, 6.07) is 9.50. The van der Waals surface area contributed by atoms with Gasteiger partial charge >= 0.3 is 17.0 Å². The molecule has 0 bridgehead atoms. The first-order valence-corrected chi connectivity index (χ1v) is 21.3. The van der Waals surface area contributed by atoms with Crippen LogP contribution in [0.4, 0.5) is 26.3 Å². The minimum Gasteiger partial charge on any atom is -0.479 e. The van der Waals surface area contributed by atoms with Crippen molar-refractivity contribution < 1.29 is 66.7 Å². The van der Waals surface area contributed by atoms with Gasteiger partial charge in [-0.15, -0.1) is 0 Å². The summed E-state index contributed by atoms with van der Waals surface area (Å²) in [4.78, 5) is 24.5. The molecule has 0 aromatic heterocycles. The van der Waals surface area contributed by atoms with E-state index in [0.717, 1.165) is 72.0 Å². The molecule has 1 rings (SSSR count). The molecule has 308 valence electrons. The van der Waals surface area contributed by atoms with E-state index in [-0.39, 0.29) is 11.8 Å². The molecule has 53 heavy (non-hydrogen) atoms. The quantitative estimate of drug-likeness (QED) is 0.0248. The van der Waals surface area contributed by atoms with E-state index in [4.69, 9.17) is 21.7 Å². The fourth-order valence-electron chi connectivity index (χ4n) is 4.47. The zero-order valence-corrected chi connectivity index (χ0v) is 33.8. The highest BCUT2D eigenvalue weighted by molar-refractivity contribution is 8.23. The molecule has 1 aromatic rings. The topological polar surface area (TPSA) is 135 Å². The average molecular weight is 847 g/mol. The number of esters is 1. The molecule has 1 unspecified atom stereocenters. The first kappa shape index (κ1) is 51.0. The van der Waals surface area contributed by atoms with Crippen LogP contribution in [0, 0.1) is 0 Å². The third kappa shape index (κ3) is 24.9. The van der Waals surface area contributed by atoms with E-state index in [1.165, 1.54) is 25.8 Å². The van der Waals surface area contributed by atoms with Crippen molar-refractivity contribution in [2.24, 2.45) is 0 Å². The second-order valence-corrected chi connectivity index (χ2v) is 18.3. The van der Waals surface area contributed by atoms with Crippen molar-refractivity contribution in [2.45, 2.75) is 113 Å². The summed E-state index contributed by atoms with van der Waals surface area (Å²) in [5, 5.41) is 0.300. The van der Waals surface area contributed by atoms with Crippen LogP contribution in [0.5, 0.6) is 0 Å². The summed E-state index contributed by atoms with van der Waals surface area (Å²) in [6.07, 6.45) is 14.0. The minimum absolute atomic E-state index is 0.0495.